The molecular formula is C12H14N2OS. The van der Waals surface area contributed by atoms with Crippen molar-refractivity contribution in [3.05, 3.63) is 39.4 Å². The third kappa shape index (κ3) is 1.69. The van der Waals surface area contributed by atoms with Crippen LogP contribution in [0.2, 0.25) is 0 Å². The Hall–Kier alpha value is -1.42. The van der Waals surface area contributed by atoms with Gasteiger partial charge in [0.2, 0.25) is 0 Å². The van der Waals surface area contributed by atoms with Gasteiger partial charge < -0.3 is 4.98 Å². The molecule has 2 rings (SSSR count). The molecule has 0 aliphatic heterocycles. The average Bonchev–Trinajstić information content (AvgIpc) is 2.15. The standard InChI is InChI=1S/C12H14N2OS/c1-12(2,3)14-10(15)8-6-4-5-7-9(8)13-11(14)16/h4-7H,1-3H3,(H,13,16). The van der Waals surface area contributed by atoms with Crippen LogP contribution < -0.4 is 5.56 Å². The number of hydrogen-bond acceptors (Lipinski definition) is 2. The van der Waals surface area contributed by atoms with Gasteiger partial charge in [0, 0.05) is 5.54 Å². The predicted molar refractivity (Wildman–Crippen MR) is 68.4 cm³/mol. The van der Waals surface area contributed by atoms with Crippen molar-refractivity contribution >= 4 is 23.1 Å². The fraction of sp³-hybridized carbons (Fsp3) is 0.333. The Morgan fingerprint density at radius 3 is 2.50 bits per heavy atom. The number of para-hydroxylation sites is 1. The van der Waals surface area contributed by atoms with Crippen molar-refractivity contribution in [1.29, 1.82) is 0 Å². The van der Waals surface area contributed by atoms with Crippen LogP contribution in [0, 0.1) is 4.77 Å². The topological polar surface area (TPSA) is 37.8 Å². The van der Waals surface area contributed by atoms with E-state index >= 15 is 0 Å². The minimum absolute atomic E-state index is 0.0353. The highest BCUT2D eigenvalue weighted by Crippen LogP contribution is 2.14. The monoisotopic (exact) mass is 234 g/mol. The van der Waals surface area contributed by atoms with Crippen LogP contribution in [-0.4, -0.2) is 9.55 Å². The van der Waals surface area contributed by atoms with Crippen LogP contribution in [0.1, 0.15) is 20.8 Å². The zero-order valence-electron chi connectivity index (χ0n) is 9.57. The van der Waals surface area contributed by atoms with Crippen molar-refractivity contribution in [2.75, 3.05) is 0 Å². The first-order valence-corrected chi connectivity index (χ1v) is 5.56. The molecule has 1 aromatic carbocycles. The van der Waals surface area contributed by atoms with Gasteiger partial charge in [-0.15, -0.1) is 0 Å². The fourth-order valence-corrected chi connectivity index (χ4v) is 2.24. The van der Waals surface area contributed by atoms with Crippen LogP contribution in [0.3, 0.4) is 0 Å². The van der Waals surface area contributed by atoms with Gasteiger partial charge in [-0.1, -0.05) is 12.1 Å². The summed E-state index contributed by atoms with van der Waals surface area (Å²) in [4.78, 5) is 15.4. The number of hydrogen-bond donors (Lipinski definition) is 1. The minimum Gasteiger partial charge on any atom is -0.332 e. The Labute approximate surface area is 98.7 Å². The van der Waals surface area contributed by atoms with E-state index in [1.54, 1.807) is 4.57 Å². The maximum atomic E-state index is 12.3. The summed E-state index contributed by atoms with van der Waals surface area (Å²) in [6, 6.07) is 7.41. The second kappa shape index (κ2) is 3.56. The van der Waals surface area contributed by atoms with Crippen LogP contribution in [0.15, 0.2) is 29.1 Å². The molecule has 0 aliphatic rings. The van der Waals surface area contributed by atoms with Gasteiger partial charge in [-0.3, -0.25) is 9.36 Å². The minimum atomic E-state index is -0.311. The van der Waals surface area contributed by atoms with E-state index in [1.807, 2.05) is 45.0 Å². The lowest BCUT2D eigenvalue weighted by atomic mass is 10.1. The van der Waals surface area contributed by atoms with E-state index in [0.29, 0.717) is 10.2 Å². The molecule has 1 N–H and O–H groups in total. The lowest BCUT2D eigenvalue weighted by Crippen LogP contribution is -2.35. The smallest absolute Gasteiger partial charge is 0.262 e. The molecule has 0 radical (unpaired) electrons. The summed E-state index contributed by atoms with van der Waals surface area (Å²) in [7, 11) is 0. The summed E-state index contributed by atoms with van der Waals surface area (Å²) in [5.41, 5.74) is 0.444. The van der Waals surface area contributed by atoms with Gasteiger partial charge in [-0.25, -0.2) is 0 Å². The highest BCUT2D eigenvalue weighted by molar-refractivity contribution is 7.71. The van der Waals surface area contributed by atoms with Crippen molar-refractivity contribution in [2.24, 2.45) is 0 Å². The lowest BCUT2D eigenvalue weighted by molar-refractivity contribution is 0.377. The molecule has 0 spiro atoms. The molecule has 0 saturated heterocycles. The Kier molecular flexibility index (Phi) is 2.46. The molecule has 0 amide bonds. The number of aromatic amines is 1. The summed E-state index contributed by atoms with van der Waals surface area (Å²) in [6.07, 6.45) is 0. The Bertz CT molecular complexity index is 646. The molecule has 0 atom stereocenters. The first-order chi connectivity index (χ1) is 7.41. The van der Waals surface area contributed by atoms with Gasteiger partial charge in [-0.05, 0) is 45.1 Å². The zero-order chi connectivity index (χ0) is 11.9. The van der Waals surface area contributed by atoms with Gasteiger partial charge in [0.25, 0.3) is 5.56 Å². The zero-order valence-corrected chi connectivity index (χ0v) is 10.4. The molecule has 1 heterocycles. The highest BCUT2D eigenvalue weighted by atomic mass is 32.1. The molecule has 16 heavy (non-hydrogen) atoms. The molecule has 3 nitrogen and oxygen atoms in total. The largest absolute Gasteiger partial charge is 0.332 e. The third-order valence-electron chi connectivity index (χ3n) is 2.48. The molecule has 0 fully saturated rings. The number of nitrogens with zero attached hydrogens (tertiary/aromatic N) is 1. The Morgan fingerprint density at radius 2 is 1.88 bits per heavy atom. The number of benzene rings is 1. The van der Waals surface area contributed by atoms with Gasteiger partial charge in [-0.2, -0.15) is 0 Å². The van der Waals surface area contributed by atoms with E-state index in [4.69, 9.17) is 12.2 Å². The normalized spacial score (nSPS) is 11.9. The number of fused-ring (bicyclic) bond motifs is 1. The molecule has 2 aromatic rings. The first kappa shape index (κ1) is 11.1. The molecule has 4 heteroatoms. The van der Waals surface area contributed by atoms with Crippen LogP contribution in [0.5, 0.6) is 0 Å². The first-order valence-electron chi connectivity index (χ1n) is 5.16. The van der Waals surface area contributed by atoms with E-state index in [9.17, 15) is 4.79 Å². The van der Waals surface area contributed by atoms with Crippen molar-refractivity contribution in [1.82, 2.24) is 9.55 Å². The Morgan fingerprint density at radius 1 is 1.25 bits per heavy atom. The van der Waals surface area contributed by atoms with Crippen LogP contribution in [0.25, 0.3) is 10.9 Å². The summed E-state index contributed by atoms with van der Waals surface area (Å²) in [5.74, 6) is 0. The van der Waals surface area contributed by atoms with E-state index in [2.05, 4.69) is 4.98 Å². The highest BCUT2D eigenvalue weighted by Gasteiger charge is 2.17. The van der Waals surface area contributed by atoms with Crippen molar-refractivity contribution in [3.63, 3.8) is 0 Å². The quantitative estimate of drug-likeness (QED) is 0.712. The second-order valence-corrected chi connectivity index (χ2v) is 5.17. The van der Waals surface area contributed by atoms with Crippen LogP contribution in [-0.2, 0) is 5.54 Å². The van der Waals surface area contributed by atoms with Gasteiger partial charge >= 0.3 is 0 Å². The third-order valence-corrected chi connectivity index (χ3v) is 2.76. The number of H-pyrrole nitrogens is 1. The predicted octanol–water partition coefficient (Wildman–Crippen LogP) is 2.81. The summed E-state index contributed by atoms with van der Waals surface area (Å²) in [5, 5.41) is 0.672. The molecule has 1 aromatic heterocycles. The van der Waals surface area contributed by atoms with E-state index in [1.165, 1.54) is 0 Å². The number of nitrogens with one attached hydrogen (secondary N) is 1. The summed E-state index contributed by atoms with van der Waals surface area (Å²) in [6.45, 7) is 5.90. The molecule has 0 unspecified atom stereocenters. The Balaban J connectivity index is 2.99. The molecule has 84 valence electrons. The maximum absolute atomic E-state index is 12.3. The van der Waals surface area contributed by atoms with Crippen molar-refractivity contribution in [3.8, 4) is 0 Å². The van der Waals surface area contributed by atoms with Crippen LogP contribution in [0.4, 0.5) is 0 Å². The van der Waals surface area contributed by atoms with Crippen molar-refractivity contribution in [2.45, 2.75) is 26.3 Å². The maximum Gasteiger partial charge on any atom is 0.262 e. The summed E-state index contributed by atoms with van der Waals surface area (Å²) >= 11 is 5.22. The van der Waals surface area contributed by atoms with E-state index < -0.39 is 0 Å². The molecule has 0 bridgehead atoms. The van der Waals surface area contributed by atoms with E-state index in [-0.39, 0.29) is 11.1 Å². The molecule has 0 saturated carbocycles. The SMILES string of the molecule is CC(C)(C)n1c(=S)[nH]c2ccccc2c1=O. The molecule has 0 aliphatic carbocycles. The molecular weight excluding hydrogens is 220 g/mol. The average molecular weight is 234 g/mol. The number of aromatic nitrogens is 2. The van der Waals surface area contributed by atoms with Crippen LogP contribution >= 0.6 is 12.2 Å². The second-order valence-electron chi connectivity index (χ2n) is 4.79. The van der Waals surface area contributed by atoms with Gasteiger partial charge in [0.05, 0.1) is 10.9 Å². The van der Waals surface area contributed by atoms with Gasteiger partial charge in [0.15, 0.2) is 4.77 Å². The summed E-state index contributed by atoms with van der Waals surface area (Å²) < 4.78 is 2.08. The fourth-order valence-electron chi connectivity index (χ4n) is 1.77. The number of rotatable bonds is 0. The lowest BCUT2D eigenvalue weighted by Gasteiger charge is -2.22. The van der Waals surface area contributed by atoms with E-state index in [0.717, 1.165) is 5.52 Å². The van der Waals surface area contributed by atoms with Crippen molar-refractivity contribution < 1.29 is 0 Å². The van der Waals surface area contributed by atoms with Gasteiger partial charge in [0.1, 0.15) is 0 Å².